The van der Waals surface area contributed by atoms with Gasteiger partial charge in [0, 0.05) is 26.9 Å². The Morgan fingerprint density at radius 2 is 1.59 bits per heavy atom. The third kappa shape index (κ3) is 4.32. The molecule has 4 nitrogen and oxygen atoms in total. The first-order chi connectivity index (χ1) is 10.7. The van der Waals surface area contributed by atoms with Crippen molar-refractivity contribution in [2.75, 3.05) is 21.3 Å². The molecule has 0 aliphatic heterocycles. The van der Waals surface area contributed by atoms with E-state index < -0.39 is 0 Å². The molecule has 2 aliphatic carbocycles. The Labute approximate surface area is 134 Å². The van der Waals surface area contributed by atoms with Crippen LogP contribution in [0.25, 0.3) is 0 Å². The molecule has 0 aromatic heterocycles. The fourth-order valence-corrected chi connectivity index (χ4v) is 3.93. The Bertz CT molecular complexity index is 407. The lowest BCUT2D eigenvalue weighted by atomic mass is 9.79. The Kier molecular flexibility index (Phi) is 6.88. The summed E-state index contributed by atoms with van der Waals surface area (Å²) in [5, 5.41) is 9.55. The van der Waals surface area contributed by atoms with Crippen molar-refractivity contribution < 1.29 is 14.2 Å². The Morgan fingerprint density at radius 1 is 0.909 bits per heavy atom. The SMILES string of the molecule is COC1CCC(/C(C#N)=C\[C@@H]2CC[C@H](OC)[C@H](OC)C2)CC1. The minimum absolute atomic E-state index is 0.143. The van der Waals surface area contributed by atoms with Gasteiger partial charge in [-0.1, -0.05) is 6.08 Å². The van der Waals surface area contributed by atoms with Crippen molar-refractivity contribution in [3.05, 3.63) is 11.6 Å². The summed E-state index contributed by atoms with van der Waals surface area (Å²) in [5.41, 5.74) is 0.977. The van der Waals surface area contributed by atoms with Crippen molar-refractivity contribution in [1.29, 1.82) is 5.26 Å². The molecular formula is C18H29NO3. The van der Waals surface area contributed by atoms with Gasteiger partial charge in [0.1, 0.15) is 0 Å². The molecule has 0 amide bonds. The van der Waals surface area contributed by atoms with Crippen molar-refractivity contribution in [1.82, 2.24) is 0 Å². The van der Waals surface area contributed by atoms with Crippen molar-refractivity contribution in [2.24, 2.45) is 11.8 Å². The number of hydrogen-bond acceptors (Lipinski definition) is 4. The zero-order valence-electron chi connectivity index (χ0n) is 14.1. The van der Waals surface area contributed by atoms with E-state index in [1.165, 1.54) is 0 Å². The third-order valence-electron chi connectivity index (χ3n) is 5.37. The number of nitriles is 1. The van der Waals surface area contributed by atoms with Crippen molar-refractivity contribution >= 4 is 0 Å². The highest BCUT2D eigenvalue weighted by molar-refractivity contribution is 5.25. The first kappa shape index (κ1) is 17.5. The highest BCUT2D eigenvalue weighted by Crippen LogP contribution is 2.34. The predicted octanol–water partition coefficient (Wildman–Crippen LogP) is 3.47. The Morgan fingerprint density at radius 3 is 2.14 bits per heavy atom. The second kappa shape index (κ2) is 8.67. The third-order valence-corrected chi connectivity index (χ3v) is 5.37. The molecule has 0 aromatic rings. The molecule has 2 fully saturated rings. The monoisotopic (exact) mass is 307 g/mol. The molecule has 0 radical (unpaired) electrons. The molecule has 0 spiro atoms. The van der Waals surface area contributed by atoms with Crippen LogP contribution >= 0.6 is 0 Å². The Balaban J connectivity index is 1.96. The van der Waals surface area contributed by atoms with Gasteiger partial charge in [-0.2, -0.15) is 5.26 Å². The van der Waals surface area contributed by atoms with Crippen LogP contribution in [0.15, 0.2) is 11.6 Å². The van der Waals surface area contributed by atoms with Gasteiger partial charge in [-0.05, 0) is 56.8 Å². The van der Waals surface area contributed by atoms with E-state index in [2.05, 4.69) is 12.1 Å². The van der Waals surface area contributed by atoms with Crippen LogP contribution in [0.2, 0.25) is 0 Å². The fourth-order valence-electron chi connectivity index (χ4n) is 3.93. The van der Waals surface area contributed by atoms with Crippen LogP contribution in [0.4, 0.5) is 0 Å². The van der Waals surface area contributed by atoms with Gasteiger partial charge >= 0.3 is 0 Å². The number of rotatable bonds is 5. The summed E-state index contributed by atoms with van der Waals surface area (Å²) in [7, 11) is 5.28. The van der Waals surface area contributed by atoms with Crippen LogP contribution in [0, 0.1) is 23.2 Å². The topological polar surface area (TPSA) is 51.5 Å². The van der Waals surface area contributed by atoms with E-state index in [1.807, 2.05) is 0 Å². The van der Waals surface area contributed by atoms with Crippen LogP contribution in [-0.4, -0.2) is 39.6 Å². The molecule has 2 saturated carbocycles. The number of ether oxygens (including phenoxy) is 3. The first-order valence-corrected chi connectivity index (χ1v) is 8.42. The number of allylic oxidation sites excluding steroid dienone is 2. The molecule has 0 heterocycles. The van der Waals surface area contributed by atoms with Gasteiger partial charge in [0.2, 0.25) is 0 Å². The molecule has 0 bridgehead atoms. The molecule has 0 aromatic carbocycles. The van der Waals surface area contributed by atoms with E-state index in [1.54, 1.807) is 21.3 Å². The number of methoxy groups -OCH3 is 3. The van der Waals surface area contributed by atoms with Gasteiger partial charge in [0.15, 0.2) is 0 Å². The van der Waals surface area contributed by atoms with E-state index in [-0.39, 0.29) is 12.2 Å². The zero-order valence-corrected chi connectivity index (χ0v) is 14.1. The van der Waals surface area contributed by atoms with Gasteiger partial charge in [-0.3, -0.25) is 0 Å². The van der Waals surface area contributed by atoms with Gasteiger partial charge in [0.05, 0.1) is 24.4 Å². The average Bonchev–Trinajstić information content (AvgIpc) is 2.59. The van der Waals surface area contributed by atoms with Crippen LogP contribution in [-0.2, 0) is 14.2 Å². The summed E-state index contributed by atoms with van der Waals surface area (Å²) >= 11 is 0. The minimum atomic E-state index is 0.143. The van der Waals surface area contributed by atoms with Gasteiger partial charge in [0.25, 0.3) is 0 Å². The standard InChI is InChI=1S/C18H29NO3/c1-20-16-7-5-14(6-8-16)15(12-19)10-13-4-9-17(21-2)18(11-13)22-3/h10,13-14,16-18H,4-9,11H2,1-3H3/b15-10-/t13-,14?,16?,17-,18+/m0/s1. The summed E-state index contributed by atoms with van der Waals surface area (Å²) in [4.78, 5) is 0. The maximum absolute atomic E-state index is 9.55. The van der Waals surface area contributed by atoms with Crippen molar-refractivity contribution in [2.45, 2.75) is 63.3 Å². The largest absolute Gasteiger partial charge is 0.381 e. The minimum Gasteiger partial charge on any atom is -0.381 e. The number of nitrogens with zero attached hydrogens (tertiary/aromatic N) is 1. The van der Waals surface area contributed by atoms with Crippen LogP contribution in [0.5, 0.6) is 0 Å². The lowest BCUT2D eigenvalue weighted by molar-refractivity contribution is -0.0656. The fraction of sp³-hybridized carbons (Fsp3) is 0.833. The van der Waals surface area contributed by atoms with Crippen molar-refractivity contribution in [3.63, 3.8) is 0 Å². The van der Waals surface area contributed by atoms with Crippen LogP contribution in [0.3, 0.4) is 0 Å². The average molecular weight is 307 g/mol. The summed E-state index contributed by atoms with van der Waals surface area (Å²) in [6.45, 7) is 0. The lowest BCUT2D eigenvalue weighted by Crippen LogP contribution is -2.36. The first-order valence-electron chi connectivity index (χ1n) is 8.42. The second-order valence-corrected chi connectivity index (χ2v) is 6.56. The van der Waals surface area contributed by atoms with E-state index in [0.29, 0.717) is 17.9 Å². The normalized spacial score (nSPS) is 36.8. The lowest BCUT2D eigenvalue weighted by Gasteiger charge is -2.34. The van der Waals surface area contributed by atoms with E-state index in [4.69, 9.17) is 14.2 Å². The van der Waals surface area contributed by atoms with Crippen molar-refractivity contribution in [3.8, 4) is 6.07 Å². The van der Waals surface area contributed by atoms with Crippen LogP contribution in [0.1, 0.15) is 44.9 Å². The van der Waals surface area contributed by atoms with Gasteiger partial charge in [-0.15, -0.1) is 0 Å². The predicted molar refractivity (Wildman–Crippen MR) is 85.4 cm³/mol. The second-order valence-electron chi connectivity index (χ2n) is 6.56. The molecular weight excluding hydrogens is 278 g/mol. The van der Waals surface area contributed by atoms with Gasteiger partial charge in [-0.25, -0.2) is 0 Å². The molecule has 0 N–H and O–H groups in total. The zero-order chi connectivity index (χ0) is 15.9. The quantitative estimate of drug-likeness (QED) is 0.730. The van der Waals surface area contributed by atoms with E-state index >= 15 is 0 Å². The highest BCUT2D eigenvalue weighted by Gasteiger charge is 2.31. The molecule has 0 saturated heterocycles. The summed E-state index contributed by atoms with van der Waals surface area (Å²) in [6, 6.07) is 2.46. The molecule has 3 atom stereocenters. The summed E-state index contributed by atoms with van der Waals surface area (Å²) in [6.07, 6.45) is 10.2. The maximum atomic E-state index is 9.55. The molecule has 2 rings (SSSR count). The number of hydrogen-bond donors (Lipinski definition) is 0. The Hall–Kier alpha value is -0.890. The smallest absolute Gasteiger partial charge is 0.0946 e. The molecule has 22 heavy (non-hydrogen) atoms. The summed E-state index contributed by atoms with van der Waals surface area (Å²) in [5.74, 6) is 0.851. The molecule has 2 aliphatic rings. The molecule has 4 heteroatoms. The molecule has 0 unspecified atom stereocenters. The van der Waals surface area contributed by atoms with Crippen LogP contribution < -0.4 is 0 Å². The maximum Gasteiger partial charge on any atom is 0.0946 e. The van der Waals surface area contributed by atoms with Gasteiger partial charge < -0.3 is 14.2 Å². The summed E-state index contributed by atoms with van der Waals surface area (Å²) < 4.78 is 16.5. The highest BCUT2D eigenvalue weighted by atomic mass is 16.5. The van der Waals surface area contributed by atoms with E-state index in [0.717, 1.165) is 50.5 Å². The molecule has 124 valence electrons. The van der Waals surface area contributed by atoms with E-state index in [9.17, 15) is 5.26 Å².